The predicted octanol–water partition coefficient (Wildman–Crippen LogP) is 0.402. The molecular formula is C13H13N3O3. The van der Waals surface area contributed by atoms with Gasteiger partial charge in [-0.05, 0) is 18.6 Å². The van der Waals surface area contributed by atoms with E-state index in [1.807, 2.05) is 0 Å². The number of carbonyl (C=O) groups is 2. The van der Waals surface area contributed by atoms with Crippen LogP contribution in [0.5, 0.6) is 0 Å². The zero-order chi connectivity index (χ0) is 13.8. The van der Waals surface area contributed by atoms with Crippen LogP contribution in [0.4, 0.5) is 0 Å². The lowest BCUT2D eigenvalue weighted by Gasteiger charge is -2.15. The molecular weight excluding hydrogens is 246 g/mol. The van der Waals surface area contributed by atoms with Gasteiger partial charge < -0.3 is 10.5 Å². The zero-order valence-electron chi connectivity index (χ0n) is 10.2. The van der Waals surface area contributed by atoms with Crippen LogP contribution in [-0.4, -0.2) is 21.7 Å². The van der Waals surface area contributed by atoms with Crippen LogP contribution in [0.3, 0.4) is 0 Å². The van der Waals surface area contributed by atoms with Crippen LogP contribution >= 0.6 is 0 Å². The summed E-state index contributed by atoms with van der Waals surface area (Å²) >= 11 is 0. The zero-order valence-corrected chi connectivity index (χ0v) is 10.2. The Bertz CT molecular complexity index is 678. The largest absolute Gasteiger partial charge is 0.368 e. The summed E-state index contributed by atoms with van der Waals surface area (Å²) in [5.74, 6) is -0.652. The van der Waals surface area contributed by atoms with Crippen LogP contribution in [0.25, 0.3) is 10.9 Å². The van der Waals surface area contributed by atoms with E-state index in [0.717, 1.165) is 0 Å². The van der Waals surface area contributed by atoms with E-state index in [2.05, 4.69) is 4.98 Å². The summed E-state index contributed by atoms with van der Waals surface area (Å²) in [5.41, 5.74) is 5.50. The highest BCUT2D eigenvalue weighted by molar-refractivity contribution is 5.80. The molecule has 1 amide bonds. The topological polar surface area (TPSA) is 95.1 Å². The molecule has 19 heavy (non-hydrogen) atoms. The minimum atomic E-state index is -0.852. The number of benzene rings is 1. The molecule has 0 fully saturated rings. The van der Waals surface area contributed by atoms with Gasteiger partial charge in [0.05, 0.1) is 17.2 Å². The number of nitrogens with zero attached hydrogens (tertiary/aromatic N) is 2. The van der Waals surface area contributed by atoms with Gasteiger partial charge in [-0.15, -0.1) is 0 Å². The number of hydrogen-bond acceptors (Lipinski definition) is 4. The first-order chi connectivity index (χ1) is 9.15. The number of rotatable bonds is 5. The predicted molar refractivity (Wildman–Crippen MR) is 69.5 cm³/mol. The smallest absolute Gasteiger partial charge is 0.261 e. The molecule has 0 radical (unpaired) electrons. The highest BCUT2D eigenvalue weighted by atomic mass is 16.2. The average Bonchev–Trinajstić information content (AvgIpc) is 2.41. The maximum Gasteiger partial charge on any atom is 0.261 e. The van der Waals surface area contributed by atoms with E-state index in [1.165, 1.54) is 10.9 Å². The normalized spacial score (nSPS) is 12.2. The van der Waals surface area contributed by atoms with Gasteiger partial charge in [-0.25, -0.2) is 4.98 Å². The van der Waals surface area contributed by atoms with Gasteiger partial charge in [0.25, 0.3) is 5.56 Å². The van der Waals surface area contributed by atoms with Crippen molar-refractivity contribution in [3.05, 3.63) is 40.9 Å². The number of aromatic nitrogens is 2. The first-order valence-corrected chi connectivity index (χ1v) is 5.84. The molecule has 0 aliphatic heterocycles. The number of nitrogens with two attached hydrogens (primary N) is 1. The van der Waals surface area contributed by atoms with Crippen molar-refractivity contribution < 1.29 is 9.59 Å². The number of para-hydroxylation sites is 1. The molecule has 2 aromatic rings. The molecule has 1 aromatic carbocycles. The van der Waals surface area contributed by atoms with E-state index < -0.39 is 11.9 Å². The number of fused-ring (bicyclic) bond motifs is 1. The van der Waals surface area contributed by atoms with Gasteiger partial charge in [0.15, 0.2) is 0 Å². The summed E-state index contributed by atoms with van der Waals surface area (Å²) in [6.07, 6.45) is 2.34. The Kier molecular flexibility index (Phi) is 3.70. The van der Waals surface area contributed by atoms with E-state index in [9.17, 15) is 14.4 Å². The van der Waals surface area contributed by atoms with Crippen LogP contribution in [0.1, 0.15) is 18.9 Å². The summed E-state index contributed by atoms with van der Waals surface area (Å²) in [4.78, 5) is 38.2. The molecule has 1 atom stereocenters. The third-order valence-electron chi connectivity index (χ3n) is 2.91. The van der Waals surface area contributed by atoms with Crippen LogP contribution in [0.2, 0.25) is 0 Å². The van der Waals surface area contributed by atoms with Crippen LogP contribution in [0.15, 0.2) is 35.4 Å². The number of hydrogen-bond donors (Lipinski definition) is 1. The van der Waals surface area contributed by atoms with E-state index in [-0.39, 0.29) is 18.4 Å². The Balaban J connectivity index is 2.54. The lowest BCUT2D eigenvalue weighted by atomic mass is 10.1. The van der Waals surface area contributed by atoms with Crippen LogP contribution < -0.4 is 11.3 Å². The Morgan fingerprint density at radius 1 is 1.42 bits per heavy atom. The second-order valence-corrected chi connectivity index (χ2v) is 4.14. The Labute approximate surface area is 108 Å². The second kappa shape index (κ2) is 5.43. The fourth-order valence-electron chi connectivity index (χ4n) is 1.95. The molecule has 2 rings (SSSR count). The summed E-state index contributed by atoms with van der Waals surface area (Å²) < 4.78 is 1.19. The van der Waals surface area contributed by atoms with Crippen molar-refractivity contribution in [2.45, 2.75) is 18.9 Å². The van der Waals surface area contributed by atoms with Crippen molar-refractivity contribution in [1.82, 2.24) is 9.55 Å². The van der Waals surface area contributed by atoms with Crippen molar-refractivity contribution >= 4 is 23.1 Å². The highest BCUT2D eigenvalue weighted by Crippen LogP contribution is 2.12. The molecule has 1 aromatic heterocycles. The summed E-state index contributed by atoms with van der Waals surface area (Å²) in [7, 11) is 0. The molecule has 0 bridgehead atoms. The van der Waals surface area contributed by atoms with Gasteiger partial charge in [0.1, 0.15) is 12.3 Å². The molecule has 0 aliphatic rings. The number of amides is 1. The van der Waals surface area contributed by atoms with Gasteiger partial charge in [0.2, 0.25) is 5.91 Å². The van der Waals surface area contributed by atoms with Crippen LogP contribution in [-0.2, 0) is 9.59 Å². The summed E-state index contributed by atoms with van der Waals surface area (Å²) in [5, 5.41) is 0.419. The van der Waals surface area contributed by atoms with Crippen molar-refractivity contribution in [1.29, 1.82) is 0 Å². The first kappa shape index (κ1) is 12.9. The van der Waals surface area contributed by atoms with Gasteiger partial charge in [0, 0.05) is 6.42 Å². The summed E-state index contributed by atoms with van der Waals surface area (Å²) in [6, 6.07) is 6.00. The maximum absolute atomic E-state index is 12.3. The van der Waals surface area contributed by atoms with Crippen molar-refractivity contribution in [2.75, 3.05) is 0 Å². The van der Waals surface area contributed by atoms with E-state index in [1.54, 1.807) is 24.3 Å². The minimum Gasteiger partial charge on any atom is -0.368 e. The molecule has 6 nitrogen and oxygen atoms in total. The van der Waals surface area contributed by atoms with Crippen molar-refractivity contribution in [3.8, 4) is 0 Å². The minimum absolute atomic E-state index is 0.160. The third kappa shape index (κ3) is 2.52. The molecule has 6 heteroatoms. The maximum atomic E-state index is 12.3. The SMILES string of the molecule is NC(=O)C(CCC=O)n1cnc2ccccc2c1=O. The molecule has 0 saturated heterocycles. The van der Waals surface area contributed by atoms with Gasteiger partial charge in [-0.2, -0.15) is 0 Å². The Morgan fingerprint density at radius 2 is 2.16 bits per heavy atom. The average molecular weight is 259 g/mol. The van der Waals surface area contributed by atoms with Gasteiger partial charge >= 0.3 is 0 Å². The highest BCUT2D eigenvalue weighted by Gasteiger charge is 2.19. The lowest BCUT2D eigenvalue weighted by Crippen LogP contribution is -2.34. The number of carbonyl (C=O) groups excluding carboxylic acids is 2. The number of aldehydes is 1. The van der Waals surface area contributed by atoms with Gasteiger partial charge in [-0.1, -0.05) is 12.1 Å². The summed E-state index contributed by atoms with van der Waals surface area (Å²) in [6.45, 7) is 0. The first-order valence-electron chi connectivity index (χ1n) is 5.84. The Hall–Kier alpha value is -2.50. The molecule has 98 valence electrons. The van der Waals surface area contributed by atoms with Crippen LogP contribution in [0, 0.1) is 0 Å². The Morgan fingerprint density at radius 3 is 2.84 bits per heavy atom. The van der Waals surface area contributed by atoms with Crippen molar-refractivity contribution in [2.24, 2.45) is 5.73 Å². The fraction of sp³-hybridized carbons (Fsp3) is 0.231. The molecule has 0 aliphatic carbocycles. The molecule has 0 saturated carbocycles. The standard InChI is InChI=1S/C13H13N3O3/c14-12(18)11(6-3-7-17)16-8-15-10-5-2-1-4-9(10)13(16)19/h1-2,4-5,7-8,11H,3,6H2,(H2,14,18). The fourth-order valence-corrected chi connectivity index (χ4v) is 1.95. The molecule has 1 heterocycles. The molecule has 2 N–H and O–H groups in total. The second-order valence-electron chi connectivity index (χ2n) is 4.14. The lowest BCUT2D eigenvalue weighted by molar-refractivity contribution is -0.121. The van der Waals surface area contributed by atoms with E-state index >= 15 is 0 Å². The third-order valence-corrected chi connectivity index (χ3v) is 2.91. The van der Waals surface area contributed by atoms with E-state index in [4.69, 9.17) is 5.73 Å². The monoisotopic (exact) mass is 259 g/mol. The molecule has 0 spiro atoms. The quantitative estimate of drug-likeness (QED) is 0.786. The van der Waals surface area contributed by atoms with E-state index in [0.29, 0.717) is 17.2 Å². The molecule has 1 unspecified atom stereocenters. The number of primary amides is 1. The van der Waals surface area contributed by atoms with Gasteiger partial charge in [-0.3, -0.25) is 14.2 Å². The van der Waals surface area contributed by atoms with Crippen molar-refractivity contribution in [3.63, 3.8) is 0 Å².